The molecule has 0 spiro atoms. The smallest absolute Gasteiger partial charge is 0.416 e. The van der Waals surface area contributed by atoms with E-state index >= 15 is 0 Å². The molecule has 1 aliphatic rings. The summed E-state index contributed by atoms with van der Waals surface area (Å²) in [7, 11) is 0. The van der Waals surface area contributed by atoms with Gasteiger partial charge in [-0.2, -0.15) is 13.2 Å². The van der Waals surface area contributed by atoms with Crippen molar-refractivity contribution in [2.75, 3.05) is 30.5 Å². The topological polar surface area (TPSA) is 92.4 Å². The summed E-state index contributed by atoms with van der Waals surface area (Å²) in [5.41, 5.74) is -0.887. The molecule has 1 saturated heterocycles. The number of benzene rings is 2. The molecule has 1 aliphatic heterocycles. The third-order valence-electron chi connectivity index (χ3n) is 5.91. The zero-order chi connectivity index (χ0) is 26.8. The molecule has 2 aromatic carbocycles. The van der Waals surface area contributed by atoms with E-state index in [2.05, 4.69) is 15.6 Å². The van der Waals surface area contributed by atoms with Crippen LogP contribution in [0.1, 0.15) is 25.0 Å². The van der Waals surface area contributed by atoms with Crippen molar-refractivity contribution in [3.05, 3.63) is 76.0 Å². The SMILES string of the molecule is CCOc1cc(-c2ccc(NC(=O)Nc3ccc(CC4(C)COC4)c(C(F)(F)F)c3)c(F)c2)c[nH]c1=O. The maximum atomic E-state index is 14.7. The van der Waals surface area contributed by atoms with Crippen LogP contribution >= 0.6 is 0 Å². The first-order valence-corrected chi connectivity index (χ1v) is 11.5. The van der Waals surface area contributed by atoms with E-state index in [9.17, 15) is 27.2 Å². The summed E-state index contributed by atoms with van der Waals surface area (Å²) in [6.07, 6.45) is -3.02. The number of amides is 2. The molecular formula is C26H25F4N3O4. The van der Waals surface area contributed by atoms with E-state index in [0.29, 0.717) is 24.3 Å². The van der Waals surface area contributed by atoms with Gasteiger partial charge in [-0.25, -0.2) is 9.18 Å². The first-order chi connectivity index (χ1) is 17.5. The normalized spacial score (nSPS) is 14.5. The van der Waals surface area contributed by atoms with Crippen LogP contribution in [0, 0.1) is 11.2 Å². The van der Waals surface area contributed by atoms with Gasteiger partial charge < -0.3 is 25.1 Å². The summed E-state index contributed by atoms with van der Waals surface area (Å²) < 4.78 is 66.2. The second kappa shape index (κ2) is 10.3. The van der Waals surface area contributed by atoms with Gasteiger partial charge in [-0.05, 0) is 54.8 Å². The number of hydrogen-bond donors (Lipinski definition) is 3. The molecule has 11 heteroatoms. The fourth-order valence-electron chi connectivity index (χ4n) is 4.06. The predicted molar refractivity (Wildman–Crippen MR) is 130 cm³/mol. The van der Waals surface area contributed by atoms with Gasteiger partial charge in [0.2, 0.25) is 0 Å². The Morgan fingerprint density at radius 1 is 1.11 bits per heavy atom. The van der Waals surface area contributed by atoms with Gasteiger partial charge in [-0.3, -0.25) is 4.79 Å². The van der Waals surface area contributed by atoms with Crippen molar-refractivity contribution in [2.45, 2.75) is 26.4 Å². The lowest BCUT2D eigenvalue weighted by molar-refractivity contribution is -0.139. The minimum Gasteiger partial charge on any atom is -0.488 e. The lowest BCUT2D eigenvalue weighted by Crippen LogP contribution is -2.41. The maximum absolute atomic E-state index is 14.7. The number of urea groups is 1. The molecule has 0 bridgehead atoms. The third-order valence-corrected chi connectivity index (χ3v) is 5.91. The van der Waals surface area contributed by atoms with Gasteiger partial charge in [0.1, 0.15) is 5.82 Å². The van der Waals surface area contributed by atoms with Crippen LogP contribution in [0.15, 0.2) is 53.5 Å². The lowest BCUT2D eigenvalue weighted by Gasteiger charge is -2.38. The number of aromatic nitrogens is 1. The quantitative estimate of drug-likeness (QED) is 0.343. The highest BCUT2D eigenvalue weighted by molar-refractivity contribution is 6.00. The monoisotopic (exact) mass is 519 g/mol. The van der Waals surface area contributed by atoms with Crippen molar-refractivity contribution in [2.24, 2.45) is 5.41 Å². The van der Waals surface area contributed by atoms with Gasteiger partial charge in [-0.15, -0.1) is 0 Å². The van der Waals surface area contributed by atoms with Crippen LogP contribution in [0.2, 0.25) is 0 Å². The van der Waals surface area contributed by atoms with Crippen LogP contribution in [-0.4, -0.2) is 30.8 Å². The number of pyridine rings is 1. The van der Waals surface area contributed by atoms with Crippen LogP contribution in [0.25, 0.3) is 11.1 Å². The summed E-state index contributed by atoms with van der Waals surface area (Å²) >= 11 is 0. The molecule has 2 amide bonds. The Morgan fingerprint density at radius 3 is 2.49 bits per heavy atom. The molecule has 37 heavy (non-hydrogen) atoms. The Bertz CT molecular complexity index is 1370. The van der Waals surface area contributed by atoms with Gasteiger partial charge in [0.05, 0.1) is 31.1 Å². The zero-order valence-corrected chi connectivity index (χ0v) is 20.1. The van der Waals surface area contributed by atoms with Crippen molar-refractivity contribution < 1.29 is 31.8 Å². The van der Waals surface area contributed by atoms with Crippen molar-refractivity contribution in [3.63, 3.8) is 0 Å². The molecule has 0 aliphatic carbocycles. The Morgan fingerprint density at radius 2 is 1.86 bits per heavy atom. The van der Waals surface area contributed by atoms with E-state index in [-0.39, 0.29) is 41.1 Å². The highest BCUT2D eigenvalue weighted by atomic mass is 19.4. The van der Waals surface area contributed by atoms with Gasteiger partial charge in [0, 0.05) is 22.9 Å². The fourth-order valence-corrected chi connectivity index (χ4v) is 4.06. The number of aromatic amines is 1. The number of nitrogens with one attached hydrogen (secondary N) is 3. The van der Waals surface area contributed by atoms with Crippen molar-refractivity contribution in [1.82, 2.24) is 4.98 Å². The predicted octanol–water partition coefficient (Wildman–Crippen LogP) is 5.82. The number of ether oxygens (including phenoxy) is 2. The van der Waals surface area contributed by atoms with Crippen LogP contribution in [0.3, 0.4) is 0 Å². The van der Waals surface area contributed by atoms with Crippen molar-refractivity contribution in [1.29, 1.82) is 0 Å². The molecule has 0 unspecified atom stereocenters. The van der Waals surface area contributed by atoms with E-state index in [0.717, 1.165) is 12.1 Å². The molecule has 4 rings (SSSR count). The minimum absolute atomic E-state index is 0.0846. The van der Waals surface area contributed by atoms with E-state index < -0.39 is 29.1 Å². The Hall–Kier alpha value is -3.86. The molecule has 0 radical (unpaired) electrons. The van der Waals surface area contributed by atoms with Crippen molar-refractivity contribution in [3.8, 4) is 16.9 Å². The number of hydrogen-bond acceptors (Lipinski definition) is 4. The Balaban J connectivity index is 1.48. The standard InChI is InChI=1S/C26H25F4N3O4/c1-3-37-22-9-17(12-31-23(22)34)15-5-7-21(20(27)8-15)33-24(35)32-18-6-4-16(11-25(2)13-36-14-25)19(10-18)26(28,29)30/h4-10,12H,3,11,13-14H2,1-2H3,(H,31,34)(H2,32,33,35). The van der Waals surface area contributed by atoms with Crippen LogP contribution in [-0.2, 0) is 17.3 Å². The van der Waals surface area contributed by atoms with Crippen LogP contribution in [0.5, 0.6) is 5.75 Å². The molecule has 0 saturated carbocycles. The van der Waals surface area contributed by atoms with E-state index in [1.807, 2.05) is 6.92 Å². The molecule has 196 valence electrons. The second-order valence-corrected chi connectivity index (χ2v) is 9.14. The largest absolute Gasteiger partial charge is 0.488 e. The average Bonchev–Trinajstić information content (AvgIpc) is 2.81. The Kier molecular flexibility index (Phi) is 7.26. The molecule has 1 fully saturated rings. The highest BCUT2D eigenvalue weighted by Crippen LogP contribution is 2.39. The third kappa shape index (κ3) is 6.11. The van der Waals surface area contributed by atoms with Crippen molar-refractivity contribution >= 4 is 17.4 Å². The number of H-pyrrole nitrogens is 1. The zero-order valence-electron chi connectivity index (χ0n) is 20.1. The number of rotatable bonds is 7. The first kappa shape index (κ1) is 26.2. The maximum Gasteiger partial charge on any atom is 0.416 e. The number of carbonyl (C=O) groups is 1. The van der Waals surface area contributed by atoms with Gasteiger partial charge >= 0.3 is 12.2 Å². The number of carbonyl (C=O) groups excluding carboxylic acids is 1. The van der Waals surface area contributed by atoms with Gasteiger partial charge in [0.15, 0.2) is 5.75 Å². The lowest BCUT2D eigenvalue weighted by atomic mass is 9.80. The molecule has 7 nitrogen and oxygen atoms in total. The van der Waals surface area contributed by atoms with Gasteiger partial charge in [-0.1, -0.05) is 19.1 Å². The molecular weight excluding hydrogens is 494 g/mol. The van der Waals surface area contributed by atoms with Crippen LogP contribution in [0.4, 0.5) is 33.7 Å². The van der Waals surface area contributed by atoms with Gasteiger partial charge in [0.25, 0.3) is 5.56 Å². The van der Waals surface area contributed by atoms with Crippen LogP contribution < -0.4 is 20.9 Å². The molecule has 1 aromatic heterocycles. The number of anilines is 2. The fraction of sp³-hybridized carbons (Fsp3) is 0.308. The molecule has 3 N–H and O–H groups in total. The van der Waals surface area contributed by atoms with E-state index in [1.54, 1.807) is 6.92 Å². The molecule has 3 aromatic rings. The van der Waals surface area contributed by atoms with E-state index in [4.69, 9.17) is 9.47 Å². The highest BCUT2D eigenvalue weighted by Gasteiger charge is 2.39. The summed E-state index contributed by atoms with van der Waals surface area (Å²) in [6, 6.07) is 8.11. The second-order valence-electron chi connectivity index (χ2n) is 9.14. The average molecular weight is 519 g/mol. The molecule has 0 atom stereocenters. The van der Waals surface area contributed by atoms with E-state index in [1.165, 1.54) is 36.5 Å². The summed E-state index contributed by atoms with van der Waals surface area (Å²) in [5.74, 6) is -0.694. The number of halogens is 4. The Labute approximate surface area is 209 Å². The minimum atomic E-state index is -4.61. The summed E-state index contributed by atoms with van der Waals surface area (Å²) in [5, 5.41) is 4.63. The first-order valence-electron chi connectivity index (χ1n) is 11.5. The summed E-state index contributed by atoms with van der Waals surface area (Å²) in [4.78, 5) is 26.7. The molecule has 2 heterocycles. The summed E-state index contributed by atoms with van der Waals surface area (Å²) in [6.45, 7) is 4.62. The number of alkyl halides is 3.